The van der Waals surface area contributed by atoms with Crippen LogP contribution >= 0.6 is 0 Å². The third-order valence-electron chi connectivity index (χ3n) is 3.79. The molecule has 1 N–H and O–H groups in total. The molecule has 0 bridgehead atoms. The first-order valence-electron chi connectivity index (χ1n) is 7.88. The Balaban J connectivity index is 1.80. The van der Waals surface area contributed by atoms with Gasteiger partial charge in [-0.15, -0.1) is 0 Å². The van der Waals surface area contributed by atoms with Crippen molar-refractivity contribution in [2.75, 3.05) is 26.8 Å². The van der Waals surface area contributed by atoms with Gasteiger partial charge in [-0.25, -0.2) is 0 Å². The molecule has 0 saturated carbocycles. The van der Waals surface area contributed by atoms with Crippen LogP contribution in [0.3, 0.4) is 0 Å². The number of benzene rings is 1. The second-order valence-corrected chi connectivity index (χ2v) is 5.69. The van der Waals surface area contributed by atoms with Crippen molar-refractivity contribution in [3.8, 4) is 5.75 Å². The number of carboxylic acids is 1. The van der Waals surface area contributed by atoms with Gasteiger partial charge in [0.2, 0.25) is 0 Å². The number of amides is 1. The molecule has 6 nitrogen and oxygen atoms in total. The molecule has 1 aromatic rings. The fourth-order valence-corrected chi connectivity index (χ4v) is 2.45. The van der Waals surface area contributed by atoms with E-state index >= 15 is 0 Å². The van der Waals surface area contributed by atoms with Gasteiger partial charge in [0, 0.05) is 32.2 Å². The third-order valence-corrected chi connectivity index (χ3v) is 3.79. The van der Waals surface area contributed by atoms with Crippen molar-refractivity contribution >= 4 is 11.9 Å². The Bertz CT molecular complexity index is 522. The molecule has 1 aliphatic rings. The summed E-state index contributed by atoms with van der Waals surface area (Å²) >= 11 is 0. The molecule has 0 aromatic heterocycles. The molecule has 0 spiro atoms. The van der Waals surface area contributed by atoms with Crippen molar-refractivity contribution in [3.05, 3.63) is 29.8 Å². The van der Waals surface area contributed by atoms with Crippen molar-refractivity contribution in [1.82, 2.24) is 4.90 Å². The zero-order valence-electron chi connectivity index (χ0n) is 13.4. The number of hydrogen-bond donors (Lipinski definition) is 1. The summed E-state index contributed by atoms with van der Waals surface area (Å²) in [6.07, 6.45) is 2.78. The molecular weight excluding hydrogens is 298 g/mol. The third kappa shape index (κ3) is 5.56. The first-order valence-corrected chi connectivity index (χ1v) is 7.88. The Hall–Kier alpha value is -2.08. The average Bonchev–Trinajstić information content (AvgIpc) is 3.05. The lowest BCUT2D eigenvalue weighted by atomic mass is 10.2. The summed E-state index contributed by atoms with van der Waals surface area (Å²) in [7, 11) is 1.67. The normalized spacial score (nSPS) is 17.0. The van der Waals surface area contributed by atoms with E-state index in [-0.39, 0.29) is 18.4 Å². The number of ether oxygens (including phenoxy) is 2. The maximum atomic E-state index is 12.2. The summed E-state index contributed by atoms with van der Waals surface area (Å²) in [5, 5.41) is 8.62. The Morgan fingerprint density at radius 3 is 2.70 bits per heavy atom. The van der Waals surface area contributed by atoms with Crippen molar-refractivity contribution in [3.63, 3.8) is 0 Å². The number of carbonyl (C=O) groups is 2. The minimum atomic E-state index is -0.849. The highest BCUT2D eigenvalue weighted by atomic mass is 16.5. The van der Waals surface area contributed by atoms with Crippen LogP contribution in [0.25, 0.3) is 0 Å². The maximum Gasteiger partial charge on any atom is 0.303 e. The van der Waals surface area contributed by atoms with E-state index in [1.807, 2.05) is 0 Å². The van der Waals surface area contributed by atoms with Gasteiger partial charge in [-0.2, -0.15) is 0 Å². The Kier molecular flexibility index (Phi) is 6.40. The highest BCUT2D eigenvalue weighted by Crippen LogP contribution is 2.17. The van der Waals surface area contributed by atoms with Crippen LogP contribution in [-0.2, 0) is 9.53 Å². The van der Waals surface area contributed by atoms with Crippen LogP contribution in [0, 0.1) is 0 Å². The quantitative estimate of drug-likeness (QED) is 0.794. The van der Waals surface area contributed by atoms with Gasteiger partial charge in [0.1, 0.15) is 12.4 Å². The van der Waals surface area contributed by atoms with Gasteiger partial charge in [-0.05, 0) is 43.5 Å². The fraction of sp³-hybridized carbons (Fsp3) is 0.529. The lowest BCUT2D eigenvalue weighted by molar-refractivity contribution is -0.137. The van der Waals surface area contributed by atoms with E-state index in [1.165, 1.54) is 4.90 Å². The van der Waals surface area contributed by atoms with Crippen molar-refractivity contribution < 1.29 is 24.2 Å². The van der Waals surface area contributed by atoms with E-state index in [2.05, 4.69) is 0 Å². The van der Waals surface area contributed by atoms with Crippen molar-refractivity contribution in [2.45, 2.75) is 31.8 Å². The van der Waals surface area contributed by atoms with Gasteiger partial charge in [0.25, 0.3) is 5.91 Å². The molecule has 1 aromatic carbocycles. The zero-order valence-corrected chi connectivity index (χ0v) is 13.4. The molecule has 1 heterocycles. The second kappa shape index (κ2) is 8.53. The summed E-state index contributed by atoms with van der Waals surface area (Å²) in [5.41, 5.74) is 0.562. The van der Waals surface area contributed by atoms with Crippen LogP contribution < -0.4 is 4.74 Å². The zero-order chi connectivity index (χ0) is 16.7. The summed E-state index contributed by atoms with van der Waals surface area (Å²) in [6.45, 7) is 1.75. The highest BCUT2D eigenvalue weighted by molar-refractivity contribution is 5.94. The Morgan fingerprint density at radius 2 is 2.09 bits per heavy atom. The molecule has 1 fully saturated rings. The molecule has 1 saturated heterocycles. The Morgan fingerprint density at radius 1 is 1.35 bits per heavy atom. The van der Waals surface area contributed by atoms with E-state index in [1.54, 1.807) is 31.3 Å². The predicted molar refractivity (Wildman–Crippen MR) is 84.7 cm³/mol. The molecule has 1 amide bonds. The van der Waals surface area contributed by atoms with Gasteiger partial charge < -0.3 is 19.5 Å². The fourth-order valence-electron chi connectivity index (χ4n) is 2.45. The number of rotatable bonds is 8. The van der Waals surface area contributed by atoms with E-state index < -0.39 is 5.97 Å². The maximum absolute atomic E-state index is 12.2. The van der Waals surface area contributed by atoms with E-state index in [0.717, 1.165) is 19.4 Å². The van der Waals surface area contributed by atoms with E-state index in [0.29, 0.717) is 30.9 Å². The van der Waals surface area contributed by atoms with Gasteiger partial charge in [-0.1, -0.05) is 0 Å². The summed E-state index contributed by atoms with van der Waals surface area (Å²) in [6, 6.07) is 6.99. The lowest BCUT2D eigenvalue weighted by Gasteiger charge is -2.17. The molecule has 23 heavy (non-hydrogen) atoms. The molecule has 1 unspecified atom stereocenters. The van der Waals surface area contributed by atoms with E-state index in [9.17, 15) is 9.59 Å². The second-order valence-electron chi connectivity index (χ2n) is 5.69. The largest absolute Gasteiger partial charge is 0.491 e. The van der Waals surface area contributed by atoms with Crippen LogP contribution in [0.15, 0.2) is 24.3 Å². The topological polar surface area (TPSA) is 76.1 Å². The van der Waals surface area contributed by atoms with Crippen LogP contribution in [0.1, 0.15) is 36.0 Å². The first kappa shape index (κ1) is 17.3. The molecule has 126 valence electrons. The first-order chi connectivity index (χ1) is 11.1. The molecule has 0 aliphatic carbocycles. The van der Waals surface area contributed by atoms with Crippen LogP contribution in [0.2, 0.25) is 0 Å². The minimum absolute atomic E-state index is 0.0631. The molecule has 0 radical (unpaired) electrons. The van der Waals surface area contributed by atoms with Gasteiger partial charge in [-0.3, -0.25) is 9.59 Å². The van der Waals surface area contributed by atoms with Gasteiger partial charge in [0.15, 0.2) is 0 Å². The summed E-state index contributed by atoms with van der Waals surface area (Å²) in [4.78, 5) is 24.2. The SMILES string of the molecule is CN(CCCC(=O)O)C(=O)c1ccc(OCC2CCCO2)cc1. The summed E-state index contributed by atoms with van der Waals surface area (Å²) in [5.74, 6) is -0.259. The number of carboxylic acid groups (broad SMARTS) is 1. The van der Waals surface area contributed by atoms with Gasteiger partial charge >= 0.3 is 5.97 Å². The van der Waals surface area contributed by atoms with Crippen LogP contribution in [-0.4, -0.2) is 54.8 Å². The monoisotopic (exact) mass is 321 g/mol. The highest BCUT2D eigenvalue weighted by Gasteiger charge is 2.16. The molecule has 1 aliphatic heterocycles. The number of carbonyl (C=O) groups excluding carboxylic acids is 1. The molecule has 1 atom stereocenters. The lowest BCUT2D eigenvalue weighted by Crippen LogP contribution is -2.28. The molecular formula is C17H23NO5. The number of hydrogen-bond acceptors (Lipinski definition) is 4. The predicted octanol–water partition coefficient (Wildman–Crippen LogP) is 2.18. The minimum Gasteiger partial charge on any atom is -0.491 e. The Labute approximate surface area is 136 Å². The van der Waals surface area contributed by atoms with Crippen molar-refractivity contribution in [2.24, 2.45) is 0 Å². The molecule has 2 rings (SSSR count). The van der Waals surface area contributed by atoms with Gasteiger partial charge in [0.05, 0.1) is 6.10 Å². The average molecular weight is 321 g/mol. The van der Waals surface area contributed by atoms with Crippen LogP contribution in [0.5, 0.6) is 5.75 Å². The number of aliphatic carboxylic acids is 1. The number of nitrogens with zero attached hydrogens (tertiary/aromatic N) is 1. The summed E-state index contributed by atoms with van der Waals surface area (Å²) < 4.78 is 11.2. The van der Waals surface area contributed by atoms with Crippen LogP contribution in [0.4, 0.5) is 0 Å². The van der Waals surface area contributed by atoms with Crippen molar-refractivity contribution in [1.29, 1.82) is 0 Å². The molecule has 6 heteroatoms. The standard InChI is InChI=1S/C17H23NO5/c1-18(10-2-5-16(19)20)17(21)13-6-8-14(9-7-13)23-12-15-4-3-11-22-15/h6-9,15H,2-5,10-12H2,1H3,(H,19,20). The van der Waals surface area contributed by atoms with E-state index in [4.69, 9.17) is 14.6 Å². The smallest absolute Gasteiger partial charge is 0.303 e.